The van der Waals surface area contributed by atoms with Gasteiger partial charge in [-0.1, -0.05) is 24.3 Å². The van der Waals surface area contributed by atoms with Crippen molar-refractivity contribution in [3.8, 4) is 0 Å². The molecule has 0 saturated carbocycles. The smallest absolute Gasteiger partial charge is 0.237 e. The van der Waals surface area contributed by atoms with E-state index in [2.05, 4.69) is 22.8 Å². The van der Waals surface area contributed by atoms with E-state index in [0.717, 1.165) is 18.5 Å². The highest BCUT2D eigenvalue weighted by Crippen LogP contribution is 2.16. The summed E-state index contributed by atoms with van der Waals surface area (Å²) in [5, 5.41) is 6.30. The van der Waals surface area contributed by atoms with Gasteiger partial charge >= 0.3 is 0 Å². The summed E-state index contributed by atoms with van der Waals surface area (Å²) < 4.78 is 1.98. The average molecular weight is 269 g/mol. The molecule has 0 fully saturated rings. The predicted molar refractivity (Wildman–Crippen MR) is 78.0 cm³/mol. The molecule has 104 valence electrons. The Morgan fingerprint density at radius 2 is 2.15 bits per heavy atom. The number of amides is 1. The fraction of sp³-hybridized carbons (Fsp3) is 0.312. The van der Waals surface area contributed by atoms with Crippen molar-refractivity contribution < 1.29 is 4.79 Å². The molecule has 4 nitrogen and oxygen atoms in total. The molecule has 3 rings (SSSR count). The standard InChI is InChI=1S/C16H19N3O/c1-19-7-6-12(11-19)9-18-16(20)15-8-13-4-2-3-5-14(13)10-17-15/h2-7,11,15,17H,8-10H2,1H3,(H,18,20)/t15-/m0/s1. The van der Waals surface area contributed by atoms with Gasteiger partial charge in [-0.3, -0.25) is 4.79 Å². The van der Waals surface area contributed by atoms with E-state index >= 15 is 0 Å². The SMILES string of the molecule is Cn1ccc(CNC(=O)[C@@H]2Cc3ccccc3CN2)c1. The van der Waals surface area contributed by atoms with E-state index < -0.39 is 0 Å². The van der Waals surface area contributed by atoms with E-state index in [1.165, 1.54) is 11.1 Å². The first kappa shape index (κ1) is 12.9. The van der Waals surface area contributed by atoms with Crippen molar-refractivity contribution in [2.24, 2.45) is 7.05 Å². The van der Waals surface area contributed by atoms with Crippen LogP contribution in [0.15, 0.2) is 42.7 Å². The Hall–Kier alpha value is -2.07. The molecule has 0 saturated heterocycles. The second-order valence-corrected chi connectivity index (χ2v) is 5.31. The Morgan fingerprint density at radius 3 is 2.90 bits per heavy atom. The zero-order valence-corrected chi connectivity index (χ0v) is 11.6. The summed E-state index contributed by atoms with van der Waals surface area (Å²) in [5.41, 5.74) is 3.68. The maximum absolute atomic E-state index is 12.2. The lowest BCUT2D eigenvalue weighted by Crippen LogP contribution is -2.47. The number of rotatable bonds is 3. The summed E-state index contributed by atoms with van der Waals surface area (Å²) in [5.74, 6) is 0.0726. The summed E-state index contributed by atoms with van der Waals surface area (Å²) >= 11 is 0. The molecule has 1 aromatic carbocycles. The minimum absolute atomic E-state index is 0.0726. The lowest BCUT2D eigenvalue weighted by Gasteiger charge is -2.25. The van der Waals surface area contributed by atoms with E-state index in [0.29, 0.717) is 6.54 Å². The van der Waals surface area contributed by atoms with Gasteiger partial charge in [0.1, 0.15) is 0 Å². The van der Waals surface area contributed by atoms with Gasteiger partial charge in [0.25, 0.3) is 0 Å². The zero-order valence-electron chi connectivity index (χ0n) is 11.6. The Balaban J connectivity index is 1.59. The number of aromatic nitrogens is 1. The largest absolute Gasteiger partial charge is 0.357 e. The van der Waals surface area contributed by atoms with E-state index in [-0.39, 0.29) is 11.9 Å². The number of hydrogen-bond acceptors (Lipinski definition) is 2. The van der Waals surface area contributed by atoms with E-state index in [1.54, 1.807) is 0 Å². The van der Waals surface area contributed by atoms with Gasteiger partial charge < -0.3 is 15.2 Å². The maximum Gasteiger partial charge on any atom is 0.237 e. The number of benzene rings is 1. The van der Waals surface area contributed by atoms with Crippen LogP contribution in [0.3, 0.4) is 0 Å². The summed E-state index contributed by atoms with van der Waals surface area (Å²) in [7, 11) is 1.98. The molecule has 0 spiro atoms. The van der Waals surface area contributed by atoms with E-state index in [4.69, 9.17) is 0 Å². The lowest BCUT2D eigenvalue weighted by atomic mass is 9.95. The second-order valence-electron chi connectivity index (χ2n) is 5.31. The van der Waals surface area contributed by atoms with Crippen LogP contribution in [0.25, 0.3) is 0 Å². The second kappa shape index (κ2) is 5.51. The van der Waals surface area contributed by atoms with Gasteiger partial charge in [0, 0.05) is 32.5 Å². The monoisotopic (exact) mass is 269 g/mol. The number of nitrogens with one attached hydrogen (secondary N) is 2. The molecule has 1 atom stereocenters. The third-order valence-corrected chi connectivity index (χ3v) is 3.76. The highest BCUT2D eigenvalue weighted by atomic mass is 16.2. The van der Waals surface area contributed by atoms with Crippen molar-refractivity contribution in [2.45, 2.75) is 25.6 Å². The molecule has 2 N–H and O–H groups in total. The van der Waals surface area contributed by atoms with Crippen LogP contribution in [0.1, 0.15) is 16.7 Å². The molecule has 0 aliphatic carbocycles. The van der Waals surface area contributed by atoms with Gasteiger partial charge in [-0.2, -0.15) is 0 Å². The van der Waals surface area contributed by atoms with Gasteiger partial charge in [0.15, 0.2) is 0 Å². The fourth-order valence-electron chi connectivity index (χ4n) is 2.62. The van der Waals surface area contributed by atoms with Crippen LogP contribution in [-0.4, -0.2) is 16.5 Å². The molecular formula is C16H19N3O. The molecule has 1 aromatic heterocycles. The molecular weight excluding hydrogens is 250 g/mol. The number of nitrogens with zero attached hydrogens (tertiary/aromatic N) is 1. The van der Waals surface area contributed by atoms with E-state index in [1.807, 2.05) is 42.2 Å². The van der Waals surface area contributed by atoms with Gasteiger partial charge in [-0.25, -0.2) is 0 Å². The van der Waals surface area contributed by atoms with Gasteiger partial charge in [-0.15, -0.1) is 0 Å². The first-order valence-corrected chi connectivity index (χ1v) is 6.91. The van der Waals surface area contributed by atoms with Crippen molar-refractivity contribution in [2.75, 3.05) is 0 Å². The van der Waals surface area contributed by atoms with Crippen molar-refractivity contribution in [3.05, 3.63) is 59.4 Å². The number of aryl methyl sites for hydroxylation is 1. The normalized spacial score (nSPS) is 17.6. The number of hydrogen-bond donors (Lipinski definition) is 2. The highest BCUT2D eigenvalue weighted by Gasteiger charge is 2.23. The first-order chi connectivity index (χ1) is 9.72. The summed E-state index contributed by atoms with van der Waals surface area (Å²) in [6, 6.07) is 10.2. The predicted octanol–water partition coefficient (Wildman–Crippen LogP) is 1.36. The molecule has 1 aliphatic rings. The summed E-state index contributed by atoms with van der Waals surface area (Å²) in [6.45, 7) is 1.35. The Kier molecular flexibility index (Phi) is 3.56. The average Bonchev–Trinajstić information content (AvgIpc) is 2.90. The highest BCUT2D eigenvalue weighted by molar-refractivity contribution is 5.82. The van der Waals surface area contributed by atoms with Crippen molar-refractivity contribution in [3.63, 3.8) is 0 Å². The van der Waals surface area contributed by atoms with Crippen LogP contribution in [0.4, 0.5) is 0 Å². The third kappa shape index (κ3) is 2.75. The van der Waals surface area contributed by atoms with Crippen molar-refractivity contribution in [1.29, 1.82) is 0 Å². The number of carbonyl (C=O) groups excluding carboxylic acids is 1. The molecule has 20 heavy (non-hydrogen) atoms. The molecule has 2 heterocycles. The van der Waals surface area contributed by atoms with Gasteiger partial charge in [0.2, 0.25) is 5.91 Å². The first-order valence-electron chi connectivity index (χ1n) is 6.91. The minimum Gasteiger partial charge on any atom is -0.357 e. The van der Waals surface area contributed by atoms with Gasteiger partial charge in [0.05, 0.1) is 6.04 Å². The minimum atomic E-state index is -0.131. The van der Waals surface area contributed by atoms with Crippen LogP contribution in [0.2, 0.25) is 0 Å². The summed E-state index contributed by atoms with van der Waals surface area (Å²) in [6.07, 6.45) is 4.76. The Morgan fingerprint density at radius 1 is 1.35 bits per heavy atom. The molecule has 0 unspecified atom stereocenters. The third-order valence-electron chi connectivity index (χ3n) is 3.76. The summed E-state index contributed by atoms with van der Waals surface area (Å²) in [4.78, 5) is 12.2. The Labute approximate surface area is 118 Å². The molecule has 1 aliphatic heterocycles. The quantitative estimate of drug-likeness (QED) is 0.883. The fourth-order valence-corrected chi connectivity index (χ4v) is 2.62. The van der Waals surface area contributed by atoms with Crippen molar-refractivity contribution >= 4 is 5.91 Å². The topological polar surface area (TPSA) is 46.1 Å². The van der Waals surface area contributed by atoms with Crippen molar-refractivity contribution in [1.82, 2.24) is 15.2 Å². The molecule has 2 aromatic rings. The molecule has 0 bridgehead atoms. The molecule has 4 heteroatoms. The van der Waals surface area contributed by atoms with Crippen LogP contribution in [-0.2, 0) is 31.4 Å². The van der Waals surface area contributed by atoms with Crippen LogP contribution < -0.4 is 10.6 Å². The molecule has 0 radical (unpaired) electrons. The van der Waals surface area contributed by atoms with Crippen LogP contribution >= 0.6 is 0 Å². The number of carbonyl (C=O) groups is 1. The Bertz CT molecular complexity index is 618. The van der Waals surface area contributed by atoms with E-state index in [9.17, 15) is 4.79 Å². The zero-order chi connectivity index (χ0) is 13.9. The number of fused-ring (bicyclic) bond motifs is 1. The maximum atomic E-state index is 12.2. The van der Waals surface area contributed by atoms with Crippen LogP contribution in [0.5, 0.6) is 0 Å². The van der Waals surface area contributed by atoms with Crippen LogP contribution in [0, 0.1) is 0 Å². The lowest BCUT2D eigenvalue weighted by molar-refractivity contribution is -0.123. The molecule has 1 amide bonds. The van der Waals surface area contributed by atoms with Gasteiger partial charge in [-0.05, 0) is 29.2 Å².